The van der Waals surface area contributed by atoms with Gasteiger partial charge in [-0.05, 0) is 54.2 Å². The second kappa shape index (κ2) is 12.9. The Bertz CT molecular complexity index is 1190. The minimum Gasteiger partial charge on any atom is -0.454 e. The van der Waals surface area contributed by atoms with Gasteiger partial charge in [-0.2, -0.15) is 0 Å². The van der Waals surface area contributed by atoms with Crippen molar-refractivity contribution in [3.63, 3.8) is 0 Å². The fraction of sp³-hybridized carbons (Fsp3) is 0.355. The van der Waals surface area contributed by atoms with Gasteiger partial charge in [-0.3, -0.25) is 9.59 Å². The molecule has 4 rings (SSSR count). The van der Waals surface area contributed by atoms with Crippen LogP contribution in [-0.2, 0) is 29.0 Å². The molecule has 194 valence electrons. The van der Waals surface area contributed by atoms with Crippen molar-refractivity contribution in [3.8, 4) is 11.5 Å². The van der Waals surface area contributed by atoms with Crippen LogP contribution in [0.15, 0.2) is 72.8 Å². The first-order chi connectivity index (χ1) is 18.0. The topological polar surface area (TPSA) is 67.9 Å². The van der Waals surface area contributed by atoms with E-state index in [1.54, 1.807) is 4.90 Å². The molecule has 0 unspecified atom stereocenters. The zero-order valence-corrected chi connectivity index (χ0v) is 21.7. The van der Waals surface area contributed by atoms with Crippen LogP contribution in [0.25, 0.3) is 0 Å². The van der Waals surface area contributed by atoms with E-state index in [1.165, 1.54) is 0 Å². The highest BCUT2D eigenvalue weighted by atomic mass is 16.7. The van der Waals surface area contributed by atoms with Crippen LogP contribution in [0, 0.1) is 6.92 Å². The van der Waals surface area contributed by atoms with Crippen molar-refractivity contribution in [2.75, 3.05) is 13.3 Å². The third-order valence-electron chi connectivity index (χ3n) is 6.77. The second-order valence-electron chi connectivity index (χ2n) is 9.49. The van der Waals surface area contributed by atoms with E-state index in [2.05, 4.69) is 12.2 Å². The van der Waals surface area contributed by atoms with Gasteiger partial charge in [0.15, 0.2) is 11.5 Å². The van der Waals surface area contributed by atoms with Crippen molar-refractivity contribution in [2.24, 2.45) is 0 Å². The molecule has 1 aliphatic heterocycles. The Morgan fingerprint density at radius 2 is 1.70 bits per heavy atom. The normalized spacial score (nSPS) is 12.7. The van der Waals surface area contributed by atoms with Crippen LogP contribution in [0.5, 0.6) is 11.5 Å². The lowest BCUT2D eigenvalue weighted by molar-refractivity contribution is -0.141. The summed E-state index contributed by atoms with van der Waals surface area (Å²) in [5, 5.41) is 3.08. The molecule has 0 spiro atoms. The number of aryl methyl sites for hydroxylation is 2. The summed E-state index contributed by atoms with van der Waals surface area (Å²) in [6, 6.07) is 23.1. The average molecular weight is 501 g/mol. The van der Waals surface area contributed by atoms with E-state index in [9.17, 15) is 9.59 Å². The van der Waals surface area contributed by atoms with Crippen LogP contribution >= 0.6 is 0 Å². The van der Waals surface area contributed by atoms with Gasteiger partial charge in [-0.1, -0.05) is 74.0 Å². The van der Waals surface area contributed by atoms with Crippen molar-refractivity contribution in [1.29, 1.82) is 0 Å². The van der Waals surface area contributed by atoms with Gasteiger partial charge in [-0.15, -0.1) is 0 Å². The zero-order chi connectivity index (χ0) is 26.0. The van der Waals surface area contributed by atoms with Crippen LogP contribution < -0.4 is 14.8 Å². The first-order valence-corrected chi connectivity index (χ1v) is 13.1. The van der Waals surface area contributed by atoms with Crippen LogP contribution in [0.2, 0.25) is 0 Å². The fourth-order valence-corrected chi connectivity index (χ4v) is 4.52. The minimum atomic E-state index is -0.608. The van der Waals surface area contributed by atoms with Gasteiger partial charge in [-0.25, -0.2) is 0 Å². The summed E-state index contributed by atoms with van der Waals surface area (Å²) in [5.41, 5.74) is 4.16. The van der Waals surface area contributed by atoms with Gasteiger partial charge in [0.25, 0.3) is 0 Å². The number of hydrogen-bond donors (Lipinski definition) is 1. The Kier molecular flexibility index (Phi) is 9.19. The highest BCUT2D eigenvalue weighted by molar-refractivity contribution is 5.88. The quantitative estimate of drug-likeness (QED) is 0.347. The molecule has 3 aromatic rings. The summed E-state index contributed by atoms with van der Waals surface area (Å²) in [4.78, 5) is 29.1. The molecule has 0 fully saturated rings. The maximum absolute atomic E-state index is 13.8. The molecule has 6 nitrogen and oxygen atoms in total. The molecular formula is C31H36N2O4. The first kappa shape index (κ1) is 26.3. The lowest BCUT2D eigenvalue weighted by Gasteiger charge is -2.32. The molecule has 1 atom stereocenters. The molecule has 6 heteroatoms. The number of carbonyl (C=O) groups is 2. The smallest absolute Gasteiger partial charge is 0.243 e. The van der Waals surface area contributed by atoms with Crippen LogP contribution in [0.4, 0.5) is 0 Å². The van der Waals surface area contributed by atoms with Gasteiger partial charge < -0.3 is 19.7 Å². The highest BCUT2D eigenvalue weighted by Gasteiger charge is 2.30. The summed E-state index contributed by atoms with van der Waals surface area (Å²) in [5.74, 6) is 1.27. The minimum absolute atomic E-state index is 0.0486. The van der Waals surface area contributed by atoms with Crippen molar-refractivity contribution >= 4 is 11.8 Å². The number of nitrogens with zero attached hydrogens (tertiary/aromatic N) is 1. The third-order valence-corrected chi connectivity index (χ3v) is 6.77. The van der Waals surface area contributed by atoms with E-state index in [4.69, 9.17) is 9.47 Å². The Balaban J connectivity index is 1.58. The lowest BCUT2D eigenvalue weighted by atomic mass is 10.00. The monoisotopic (exact) mass is 500 g/mol. The average Bonchev–Trinajstić information content (AvgIpc) is 3.39. The number of benzene rings is 3. The van der Waals surface area contributed by atoms with Crippen molar-refractivity contribution in [1.82, 2.24) is 10.2 Å². The number of nitrogens with one attached hydrogen (secondary N) is 1. The summed E-state index contributed by atoms with van der Waals surface area (Å²) in [6.45, 7) is 5.33. The maximum Gasteiger partial charge on any atom is 0.243 e. The van der Waals surface area contributed by atoms with Crippen LogP contribution in [0.3, 0.4) is 0 Å². The van der Waals surface area contributed by atoms with Gasteiger partial charge in [0.2, 0.25) is 18.6 Å². The van der Waals surface area contributed by atoms with E-state index in [0.717, 1.165) is 40.8 Å². The number of carbonyl (C=O) groups excluding carboxylic acids is 2. The van der Waals surface area contributed by atoms with Crippen LogP contribution in [0.1, 0.15) is 48.4 Å². The maximum atomic E-state index is 13.8. The molecule has 3 aromatic carbocycles. The molecular weight excluding hydrogens is 464 g/mol. The zero-order valence-electron chi connectivity index (χ0n) is 21.7. The molecule has 0 radical (unpaired) electrons. The van der Waals surface area contributed by atoms with Crippen molar-refractivity contribution in [2.45, 2.75) is 58.5 Å². The van der Waals surface area contributed by atoms with E-state index in [-0.39, 0.29) is 18.6 Å². The molecule has 1 aliphatic rings. The molecule has 0 saturated carbocycles. The van der Waals surface area contributed by atoms with Gasteiger partial charge in [0.05, 0.1) is 0 Å². The van der Waals surface area contributed by atoms with E-state index in [0.29, 0.717) is 38.1 Å². The number of fused-ring (bicyclic) bond motifs is 1. The number of unbranched alkanes of at least 4 members (excludes halogenated alkanes) is 1. The summed E-state index contributed by atoms with van der Waals surface area (Å²) in [7, 11) is 0. The van der Waals surface area contributed by atoms with Gasteiger partial charge in [0, 0.05) is 25.9 Å². The summed E-state index contributed by atoms with van der Waals surface area (Å²) in [6.07, 6.45) is 3.19. The number of rotatable bonds is 12. The summed E-state index contributed by atoms with van der Waals surface area (Å²) < 4.78 is 10.9. The second-order valence-corrected chi connectivity index (χ2v) is 9.49. The van der Waals surface area contributed by atoms with E-state index >= 15 is 0 Å². The number of hydrogen-bond acceptors (Lipinski definition) is 4. The Morgan fingerprint density at radius 3 is 2.49 bits per heavy atom. The molecule has 0 aromatic heterocycles. The van der Waals surface area contributed by atoms with Crippen molar-refractivity contribution < 1.29 is 19.1 Å². The SMILES string of the molecule is CCCCNC(=O)[C@@H](Cc1ccccc1)N(Cc1ccccc1C)C(=O)CCc1ccc2c(c1)OCO2. The molecule has 1 heterocycles. The molecule has 2 amide bonds. The molecule has 0 bridgehead atoms. The Labute approximate surface area is 219 Å². The molecule has 1 N–H and O–H groups in total. The first-order valence-electron chi connectivity index (χ1n) is 13.1. The molecule has 37 heavy (non-hydrogen) atoms. The number of ether oxygens (including phenoxy) is 2. The highest BCUT2D eigenvalue weighted by Crippen LogP contribution is 2.33. The van der Waals surface area contributed by atoms with Gasteiger partial charge in [0.1, 0.15) is 6.04 Å². The molecule has 0 aliphatic carbocycles. The third kappa shape index (κ3) is 7.13. The predicted molar refractivity (Wildman–Crippen MR) is 144 cm³/mol. The largest absolute Gasteiger partial charge is 0.454 e. The molecule has 0 saturated heterocycles. The van der Waals surface area contributed by atoms with Crippen LogP contribution in [-0.4, -0.2) is 36.1 Å². The van der Waals surface area contributed by atoms with E-state index in [1.807, 2.05) is 79.7 Å². The lowest BCUT2D eigenvalue weighted by Crippen LogP contribution is -2.50. The van der Waals surface area contributed by atoms with E-state index < -0.39 is 6.04 Å². The Morgan fingerprint density at radius 1 is 0.946 bits per heavy atom. The Hall–Kier alpha value is -3.80. The predicted octanol–water partition coefficient (Wildman–Crippen LogP) is 5.21. The van der Waals surface area contributed by atoms with Crippen molar-refractivity contribution in [3.05, 3.63) is 95.1 Å². The fourth-order valence-electron chi connectivity index (χ4n) is 4.52. The standard InChI is InChI=1S/C31H36N2O4/c1-3-4-18-32-31(35)27(19-24-11-6-5-7-12-24)33(21-26-13-9-8-10-23(26)2)30(34)17-15-25-14-16-28-29(20-25)37-22-36-28/h5-14,16,20,27H,3-4,15,17-19,21-22H2,1-2H3,(H,32,35)/t27-/m1/s1. The summed E-state index contributed by atoms with van der Waals surface area (Å²) >= 11 is 0. The van der Waals surface area contributed by atoms with Gasteiger partial charge >= 0.3 is 0 Å². The number of amides is 2.